The normalized spacial score (nSPS) is 19.4. The van der Waals surface area contributed by atoms with Crippen molar-refractivity contribution in [2.75, 3.05) is 24.5 Å². The van der Waals surface area contributed by atoms with Crippen LogP contribution in [0.2, 0.25) is 0 Å². The number of benzene rings is 1. The van der Waals surface area contributed by atoms with Crippen LogP contribution in [-0.2, 0) is 4.79 Å². The molecule has 0 spiro atoms. The Labute approximate surface area is 167 Å². The Hall–Kier alpha value is -3.16. The second kappa shape index (κ2) is 7.35. The minimum absolute atomic E-state index is 0.0810. The highest BCUT2D eigenvalue weighted by Crippen LogP contribution is 2.28. The van der Waals surface area contributed by atoms with Gasteiger partial charge in [0, 0.05) is 19.6 Å². The van der Waals surface area contributed by atoms with Crippen LogP contribution in [0.3, 0.4) is 0 Å². The minimum atomic E-state index is -0.215. The molecule has 1 aromatic carbocycles. The first kappa shape index (κ1) is 17.9. The van der Waals surface area contributed by atoms with Gasteiger partial charge in [0.25, 0.3) is 5.56 Å². The summed E-state index contributed by atoms with van der Waals surface area (Å²) >= 11 is 0. The van der Waals surface area contributed by atoms with Gasteiger partial charge >= 0.3 is 0 Å². The molecule has 0 radical (unpaired) electrons. The van der Waals surface area contributed by atoms with Gasteiger partial charge in [-0.2, -0.15) is 10.1 Å². The van der Waals surface area contributed by atoms with Crippen LogP contribution in [0.5, 0.6) is 0 Å². The first-order valence-electron chi connectivity index (χ1n) is 10.2. The number of hydrogen-bond acceptors (Lipinski definition) is 5. The quantitative estimate of drug-likeness (QED) is 0.691. The first-order chi connectivity index (χ1) is 14.2. The van der Waals surface area contributed by atoms with Crippen LogP contribution in [0.4, 0.5) is 5.95 Å². The Morgan fingerprint density at radius 2 is 2.03 bits per heavy atom. The standard InChI is InChI=1S/C21H24N6O2/c28-19(22-11-14-8-9-14)15-5-4-10-26(13-15)21-24-18-17(20(29)25-21)12-23-27(18)16-6-2-1-3-7-16/h1-3,6-7,12,14-15H,4-5,8-11,13H2,(H,22,28)(H,24,25,29). The maximum Gasteiger partial charge on any atom is 0.263 e. The highest BCUT2D eigenvalue weighted by atomic mass is 16.2. The van der Waals surface area contributed by atoms with E-state index in [1.54, 1.807) is 10.9 Å². The topological polar surface area (TPSA) is 95.9 Å². The van der Waals surface area contributed by atoms with Crippen LogP contribution in [0, 0.1) is 11.8 Å². The number of aromatic nitrogens is 4. The van der Waals surface area contributed by atoms with Gasteiger partial charge in [-0.25, -0.2) is 4.68 Å². The molecule has 1 aliphatic carbocycles. The van der Waals surface area contributed by atoms with E-state index in [0.29, 0.717) is 29.4 Å². The van der Waals surface area contributed by atoms with E-state index in [1.807, 2.05) is 35.2 Å². The number of carbonyl (C=O) groups excluding carboxylic acids is 1. The first-order valence-corrected chi connectivity index (χ1v) is 10.2. The van der Waals surface area contributed by atoms with Crippen molar-refractivity contribution in [1.29, 1.82) is 0 Å². The highest BCUT2D eigenvalue weighted by Gasteiger charge is 2.29. The lowest BCUT2D eigenvalue weighted by Crippen LogP contribution is -2.44. The van der Waals surface area contributed by atoms with Crippen molar-refractivity contribution in [3.63, 3.8) is 0 Å². The summed E-state index contributed by atoms with van der Waals surface area (Å²) in [5, 5.41) is 7.89. The van der Waals surface area contributed by atoms with Crippen molar-refractivity contribution < 1.29 is 4.79 Å². The number of rotatable bonds is 5. The van der Waals surface area contributed by atoms with Gasteiger partial charge in [-0.05, 0) is 43.7 Å². The zero-order valence-corrected chi connectivity index (χ0v) is 16.2. The lowest BCUT2D eigenvalue weighted by molar-refractivity contribution is -0.125. The van der Waals surface area contributed by atoms with Crippen molar-refractivity contribution in [2.45, 2.75) is 25.7 Å². The molecule has 2 aliphatic rings. The number of amides is 1. The molecule has 1 unspecified atom stereocenters. The number of carbonyl (C=O) groups is 1. The summed E-state index contributed by atoms with van der Waals surface area (Å²) < 4.78 is 1.68. The van der Waals surface area contributed by atoms with Crippen LogP contribution < -0.4 is 15.8 Å². The third kappa shape index (κ3) is 3.62. The Morgan fingerprint density at radius 1 is 1.21 bits per heavy atom. The van der Waals surface area contributed by atoms with Crippen LogP contribution in [0.25, 0.3) is 16.7 Å². The summed E-state index contributed by atoms with van der Waals surface area (Å²) in [7, 11) is 0. The molecule has 5 rings (SSSR count). The number of para-hydroxylation sites is 1. The lowest BCUT2D eigenvalue weighted by atomic mass is 9.97. The summed E-state index contributed by atoms with van der Waals surface area (Å²) in [6.07, 6.45) is 5.74. The second-order valence-electron chi connectivity index (χ2n) is 7.99. The van der Waals surface area contributed by atoms with Crippen molar-refractivity contribution in [3.05, 3.63) is 46.9 Å². The molecule has 150 valence electrons. The number of piperidine rings is 1. The number of nitrogens with zero attached hydrogens (tertiary/aromatic N) is 4. The molecule has 2 N–H and O–H groups in total. The average Bonchev–Trinajstić information content (AvgIpc) is 3.49. The molecule has 1 saturated carbocycles. The average molecular weight is 392 g/mol. The van der Waals surface area contributed by atoms with Crippen LogP contribution in [0.15, 0.2) is 41.3 Å². The molecule has 8 heteroatoms. The van der Waals surface area contributed by atoms with Crippen molar-refractivity contribution in [1.82, 2.24) is 25.1 Å². The van der Waals surface area contributed by atoms with E-state index in [4.69, 9.17) is 4.98 Å². The summed E-state index contributed by atoms with van der Waals surface area (Å²) in [6.45, 7) is 2.11. The van der Waals surface area contributed by atoms with Crippen LogP contribution >= 0.6 is 0 Å². The molecule has 2 fully saturated rings. The predicted octanol–water partition coefficient (Wildman–Crippen LogP) is 1.85. The largest absolute Gasteiger partial charge is 0.356 e. The Kier molecular flexibility index (Phi) is 4.54. The molecule has 1 atom stereocenters. The highest BCUT2D eigenvalue weighted by molar-refractivity contribution is 5.80. The van der Waals surface area contributed by atoms with E-state index in [1.165, 1.54) is 12.8 Å². The van der Waals surface area contributed by atoms with E-state index in [2.05, 4.69) is 15.4 Å². The number of fused-ring (bicyclic) bond motifs is 1. The van der Waals surface area contributed by atoms with E-state index < -0.39 is 0 Å². The molecule has 1 amide bonds. The fraction of sp³-hybridized carbons (Fsp3) is 0.429. The number of anilines is 1. The SMILES string of the molecule is O=C(NCC1CC1)C1CCCN(c2nc3c(cnn3-c3ccccc3)c(=O)[nH]2)C1. The Morgan fingerprint density at radius 3 is 2.83 bits per heavy atom. The van der Waals surface area contributed by atoms with Gasteiger partial charge in [0.05, 0.1) is 17.8 Å². The Balaban J connectivity index is 1.42. The minimum Gasteiger partial charge on any atom is -0.356 e. The van der Waals surface area contributed by atoms with Gasteiger partial charge in [-0.3, -0.25) is 14.6 Å². The lowest BCUT2D eigenvalue weighted by Gasteiger charge is -2.32. The zero-order valence-electron chi connectivity index (χ0n) is 16.2. The fourth-order valence-corrected chi connectivity index (χ4v) is 3.91. The van der Waals surface area contributed by atoms with Crippen LogP contribution in [-0.4, -0.2) is 45.3 Å². The molecule has 0 bridgehead atoms. The van der Waals surface area contributed by atoms with E-state index in [9.17, 15) is 9.59 Å². The van der Waals surface area contributed by atoms with E-state index in [-0.39, 0.29) is 17.4 Å². The van der Waals surface area contributed by atoms with Gasteiger partial charge in [0.1, 0.15) is 5.39 Å². The monoisotopic (exact) mass is 392 g/mol. The zero-order chi connectivity index (χ0) is 19.8. The Bertz CT molecular complexity index is 1090. The molecule has 8 nitrogen and oxygen atoms in total. The molecule has 3 heterocycles. The third-order valence-electron chi connectivity index (χ3n) is 5.78. The van der Waals surface area contributed by atoms with Crippen molar-refractivity contribution in [3.8, 4) is 5.69 Å². The molecule has 1 saturated heterocycles. The van der Waals surface area contributed by atoms with Gasteiger partial charge in [0.15, 0.2) is 5.65 Å². The van der Waals surface area contributed by atoms with Gasteiger partial charge in [0.2, 0.25) is 11.9 Å². The molecule has 29 heavy (non-hydrogen) atoms. The molecule has 3 aromatic rings. The van der Waals surface area contributed by atoms with Crippen molar-refractivity contribution >= 4 is 22.9 Å². The van der Waals surface area contributed by atoms with Crippen molar-refractivity contribution in [2.24, 2.45) is 11.8 Å². The maximum absolute atomic E-state index is 12.6. The second-order valence-corrected chi connectivity index (χ2v) is 7.99. The van der Waals surface area contributed by atoms with Crippen LogP contribution in [0.1, 0.15) is 25.7 Å². The molecular weight excluding hydrogens is 368 g/mol. The van der Waals surface area contributed by atoms with Gasteiger partial charge in [-0.15, -0.1) is 0 Å². The van der Waals surface area contributed by atoms with Gasteiger partial charge in [-0.1, -0.05) is 18.2 Å². The summed E-state index contributed by atoms with van der Waals surface area (Å²) in [5.74, 6) is 1.19. The summed E-state index contributed by atoms with van der Waals surface area (Å²) in [6, 6.07) is 9.63. The third-order valence-corrected chi connectivity index (χ3v) is 5.78. The fourth-order valence-electron chi connectivity index (χ4n) is 3.91. The molecular formula is C21H24N6O2. The summed E-state index contributed by atoms with van der Waals surface area (Å²) in [5.41, 5.74) is 1.16. The molecule has 2 aromatic heterocycles. The molecule has 1 aliphatic heterocycles. The number of hydrogen-bond donors (Lipinski definition) is 2. The number of nitrogens with one attached hydrogen (secondary N) is 2. The van der Waals surface area contributed by atoms with E-state index in [0.717, 1.165) is 31.6 Å². The number of aromatic amines is 1. The predicted molar refractivity (Wildman–Crippen MR) is 110 cm³/mol. The van der Waals surface area contributed by atoms with Gasteiger partial charge < -0.3 is 10.2 Å². The van der Waals surface area contributed by atoms with E-state index >= 15 is 0 Å². The maximum atomic E-state index is 12.6. The summed E-state index contributed by atoms with van der Waals surface area (Å²) in [4.78, 5) is 34.8. The number of H-pyrrole nitrogens is 1. The smallest absolute Gasteiger partial charge is 0.263 e.